The second-order valence-electron chi connectivity index (χ2n) is 8.07. The van der Waals surface area contributed by atoms with E-state index in [0.717, 1.165) is 43.8 Å². The first-order valence-corrected chi connectivity index (χ1v) is 10.3. The minimum atomic E-state index is 0.797. The molecule has 0 unspecified atom stereocenters. The van der Waals surface area contributed by atoms with Gasteiger partial charge in [0.25, 0.3) is 0 Å². The number of aromatic nitrogens is 2. The van der Waals surface area contributed by atoms with Crippen molar-refractivity contribution in [2.45, 2.75) is 65.7 Å². The Kier molecular flexibility index (Phi) is 8.66. The van der Waals surface area contributed by atoms with Crippen molar-refractivity contribution in [2.24, 2.45) is 11.8 Å². The van der Waals surface area contributed by atoms with E-state index in [2.05, 4.69) is 47.6 Å². The Morgan fingerprint density at radius 3 is 2.32 bits per heavy atom. The zero-order chi connectivity index (χ0) is 18.1. The molecule has 0 aliphatic carbocycles. The van der Waals surface area contributed by atoms with Crippen molar-refractivity contribution in [1.82, 2.24) is 14.9 Å². The van der Waals surface area contributed by atoms with E-state index in [9.17, 15) is 0 Å². The Morgan fingerprint density at radius 1 is 1.08 bits per heavy atom. The number of piperidine rings is 1. The summed E-state index contributed by atoms with van der Waals surface area (Å²) in [6.07, 6.45) is 12.8. The summed E-state index contributed by atoms with van der Waals surface area (Å²) in [5, 5.41) is 0. The molecule has 2 rings (SSSR count). The second kappa shape index (κ2) is 10.7. The SMILES string of the molecule is CCCCCN(C)CCCc1cnc(N2CCC(C(C)C)CC2)nc1. The molecule has 4 nitrogen and oxygen atoms in total. The van der Waals surface area contributed by atoms with Crippen LogP contribution in [0.15, 0.2) is 12.4 Å². The van der Waals surface area contributed by atoms with Gasteiger partial charge in [0.15, 0.2) is 0 Å². The monoisotopic (exact) mass is 346 g/mol. The standard InChI is InChI=1S/C21H38N4/c1-5-6-7-12-24(4)13-8-9-19-16-22-21(23-17-19)25-14-10-20(11-15-25)18(2)3/h16-18,20H,5-15H2,1-4H3. The smallest absolute Gasteiger partial charge is 0.225 e. The van der Waals surface area contributed by atoms with E-state index >= 15 is 0 Å². The zero-order valence-corrected chi connectivity index (χ0v) is 16.9. The van der Waals surface area contributed by atoms with Crippen LogP contribution >= 0.6 is 0 Å². The van der Waals surface area contributed by atoms with Crippen molar-refractivity contribution in [3.8, 4) is 0 Å². The van der Waals surface area contributed by atoms with E-state index in [4.69, 9.17) is 0 Å². The Balaban J connectivity index is 1.69. The van der Waals surface area contributed by atoms with Gasteiger partial charge in [0, 0.05) is 25.5 Å². The van der Waals surface area contributed by atoms with Crippen molar-refractivity contribution in [1.29, 1.82) is 0 Å². The maximum absolute atomic E-state index is 4.63. The molecular formula is C21H38N4. The van der Waals surface area contributed by atoms with E-state index in [0.29, 0.717) is 0 Å². The van der Waals surface area contributed by atoms with Gasteiger partial charge in [0.1, 0.15) is 0 Å². The number of nitrogens with zero attached hydrogens (tertiary/aromatic N) is 4. The quantitative estimate of drug-likeness (QED) is 0.588. The third-order valence-electron chi connectivity index (χ3n) is 5.61. The lowest BCUT2D eigenvalue weighted by Crippen LogP contribution is -2.36. The Morgan fingerprint density at radius 2 is 1.72 bits per heavy atom. The number of hydrogen-bond donors (Lipinski definition) is 0. The van der Waals surface area contributed by atoms with Crippen molar-refractivity contribution < 1.29 is 0 Å². The van der Waals surface area contributed by atoms with Gasteiger partial charge in [-0.15, -0.1) is 0 Å². The number of aryl methyl sites for hydroxylation is 1. The molecule has 0 spiro atoms. The van der Waals surface area contributed by atoms with Gasteiger partial charge in [-0.05, 0) is 69.6 Å². The van der Waals surface area contributed by atoms with Gasteiger partial charge in [0.2, 0.25) is 5.95 Å². The lowest BCUT2D eigenvalue weighted by Gasteiger charge is -2.33. The van der Waals surface area contributed by atoms with Gasteiger partial charge in [-0.1, -0.05) is 33.6 Å². The summed E-state index contributed by atoms with van der Waals surface area (Å²) < 4.78 is 0. The normalized spacial score (nSPS) is 16.2. The molecule has 0 N–H and O–H groups in total. The second-order valence-corrected chi connectivity index (χ2v) is 8.07. The van der Waals surface area contributed by atoms with Crippen LogP contribution in [0.4, 0.5) is 5.95 Å². The van der Waals surface area contributed by atoms with Gasteiger partial charge < -0.3 is 9.80 Å². The first-order chi connectivity index (χ1) is 12.1. The first-order valence-electron chi connectivity index (χ1n) is 10.3. The van der Waals surface area contributed by atoms with E-state index in [1.807, 2.05) is 12.4 Å². The van der Waals surface area contributed by atoms with E-state index in [-0.39, 0.29) is 0 Å². The molecule has 4 heteroatoms. The summed E-state index contributed by atoms with van der Waals surface area (Å²) >= 11 is 0. The predicted octanol–water partition coefficient (Wildman–Crippen LogP) is 4.40. The number of hydrogen-bond acceptors (Lipinski definition) is 4. The van der Waals surface area contributed by atoms with Gasteiger partial charge in [-0.25, -0.2) is 9.97 Å². The Labute approximate surface area is 155 Å². The summed E-state index contributed by atoms with van der Waals surface area (Å²) in [4.78, 5) is 14.1. The number of anilines is 1. The van der Waals surface area contributed by atoms with Crippen LogP contribution in [-0.4, -0.2) is 48.1 Å². The molecule has 0 saturated carbocycles. The van der Waals surface area contributed by atoms with Crippen LogP contribution in [0.5, 0.6) is 0 Å². The molecule has 0 bridgehead atoms. The maximum atomic E-state index is 4.63. The molecule has 1 aromatic rings. The van der Waals surface area contributed by atoms with Gasteiger partial charge in [-0.3, -0.25) is 0 Å². The molecule has 0 amide bonds. The van der Waals surface area contributed by atoms with Crippen molar-refractivity contribution >= 4 is 5.95 Å². The molecule has 0 aromatic carbocycles. The topological polar surface area (TPSA) is 32.3 Å². The highest BCUT2D eigenvalue weighted by Gasteiger charge is 2.22. The molecule has 1 aliphatic rings. The Hall–Kier alpha value is -1.16. The highest BCUT2D eigenvalue weighted by atomic mass is 15.2. The summed E-state index contributed by atoms with van der Waals surface area (Å²) in [5.74, 6) is 2.58. The first kappa shape index (κ1) is 20.2. The highest BCUT2D eigenvalue weighted by Crippen LogP contribution is 2.26. The lowest BCUT2D eigenvalue weighted by atomic mass is 9.87. The largest absolute Gasteiger partial charge is 0.341 e. The van der Waals surface area contributed by atoms with Crippen molar-refractivity contribution in [3.05, 3.63) is 18.0 Å². The molecule has 2 heterocycles. The fourth-order valence-electron chi connectivity index (χ4n) is 3.70. The van der Waals surface area contributed by atoms with E-state index < -0.39 is 0 Å². The molecule has 1 aliphatic heterocycles. The van der Waals surface area contributed by atoms with Crippen LogP contribution in [0.2, 0.25) is 0 Å². The molecule has 0 radical (unpaired) electrons. The van der Waals surface area contributed by atoms with Crippen LogP contribution in [0.3, 0.4) is 0 Å². The predicted molar refractivity (Wildman–Crippen MR) is 107 cm³/mol. The minimum Gasteiger partial charge on any atom is -0.341 e. The lowest BCUT2D eigenvalue weighted by molar-refractivity contribution is 0.310. The fourth-order valence-corrected chi connectivity index (χ4v) is 3.70. The Bertz CT molecular complexity index is 463. The summed E-state index contributed by atoms with van der Waals surface area (Å²) in [6.45, 7) is 11.5. The van der Waals surface area contributed by atoms with Crippen LogP contribution in [0.25, 0.3) is 0 Å². The van der Waals surface area contributed by atoms with E-state index in [1.54, 1.807) is 0 Å². The van der Waals surface area contributed by atoms with Crippen LogP contribution in [0, 0.1) is 11.8 Å². The zero-order valence-electron chi connectivity index (χ0n) is 16.9. The fraction of sp³-hybridized carbons (Fsp3) is 0.810. The summed E-state index contributed by atoms with van der Waals surface area (Å²) in [5.41, 5.74) is 1.27. The number of unbranched alkanes of at least 4 members (excludes halogenated alkanes) is 2. The molecule has 142 valence electrons. The summed E-state index contributed by atoms with van der Waals surface area (Å²) in [7, 11) is 2.23. The van der Waals surface area contributed by atoms with Gasteiger partial charge in [0.05, 0.1) is 0 Å². The average Bonchev–Trinajstić information content (AvgIpc) is 2.63. The third-order valence-corrected chi connectivity index (χ3v) is 5.61. The van der Waals surface area contributed by atoms with Crippen molar-refractivity contribution in [3.63, 3.8) is 0 Å². The van der Waals surface area contributed by atoms with Crippen molar-refractivity contribution in [2.75, 3.05) is 38.1 Å². The molecule has 25 heavy (non-hydrogen) atoms. The average molecular weight is 347 g/mol. The molecule has 1 fully saturated rings. The highest BCUT2D eigenvalue weighted by molar-refractivity contribution is 5.30. The molecular weight excluding hydrogens is 308 g/mol. The van der Waals surface area contributed by atoms with Crippen LogP contribution < -0.4 is 4.90 Å². The van der Waals surface area contributed by atoms with Gasteiger partial charge in [-0.2, -0.15) is 0 Å². The molecule has 1 saturated heterocycles. The van der Waals surface area contributed by atoms with Crippen LogP contribution in [0.1, 0.15) is 64.9 Å². The molecule has 1 aromatic heterocycles. The molecule has 0 atom stereocenters. The maximum Gasteiger partial charge on any atom is 0.225 e. The van der Waals surface area contributed by atoms with Gasteiger partial charge >= 0.3 is 0 Å². The number of rotatable bonds is 10. The summed E-state index contributed by atoms with van der Waals surface area (Å²) in [6, 6.07) is 0. The van der Waals surface area contributed by atoms with Crippen LogP contribution in [-0.2, 0) is 6.42 Å². The van der Waals surface area contributed by atoms with E-state index in [1.165, 1.54) is 50.6 Å². The third kappa shape index (κ3) is 6.93. The minimum absolute atomic E-state index is 0.797.